The second-order valence-corrected chi connectivity index (χ2v) is 6.24. The first kappa shape index (κ1) is 14.1. The van der Waals surface area contributed by atoms with Gasteiger partial charge in [-0.1, -0.05) is 42.6 Å². The van der Waals surface area contributed by atoms with E-state index in [1.54, 1.807) is 6.20 Å². The van der Waals surface area contributed by atoms with Gasteiger partial charge in [0.1, 0.15) is 0 Å². The molecule has 1 radical (unpaired) electrons. The van der Waals surface area contributed by atoms with Crippen molar-refractivity contribution in [2.24, 2.45) is 0 Å². The van der Waals surface area contributed by atoms with Crippen molar-refractivity contribution in [2.75, 3.05) is 6.61 Å². The molecule has 1 saturated carbocycles. The molecule has 0 atom stereocenters. The third-order valence-corrected chi connectivity index (χ3v) is 5.06. The quantitative estimate of drug-likeness (QED) is 0.373. The van der Waals surface area contributed by atoms with E-state index >= 15 is 0 Å². The zero-order valence-corrected chi connectivity index (χ0v) is 14.5. The maximum Gasteiger partial charge on any atom is 0.208 e. The van der Waals surface area contributed by atoms with E-state index in [0.717, 1.165) is 28.9 Å². The van der Waals surface area contributed by atoms with E-state index in [0.29, 0.717) is 0 Å². The number of hydrogen-bond acceptors (Lipinski definition) is 3. The van der Waals surface area contributed by atoms with Crippen LogP contribution in [0, 0.1) is 6.07 Å². The molecule has 3 aromatic rings. The minimum absolute atomic E-state index is 0. The van der Waals surface area contributed by atoms with E-state index in [2.05, 4.69) is 29.2 Å². The van der Waals surface area contributed by atoms with Gasteiger partial charge < -0.3 is 9.72 Å². The minimum Gasteiger partial charge on any atom is -0.477 e. The van der Waals surface area contributed by atoms with Crippen molar-refractivity contribution < 1.29 is 24.8 Å². The van der Waals surface area contributed by atoms with Gasteiger partial charge in [0.05, 0.1) is 6.61 Å². The Labute approximate surface area is 142 Å². The van der Waals surface area contributed by atoms with Gasteiger partial charge in [0.2, 0.25) is 5.88 Å². The zero-order valence-electron chi connectivity index (χ0n) is 12.1. The van der Waals surface area contributed by atoms with Crippen molar-refractivity contribution in [1.29, 1.82) is 0 Å². The summed E-state index contributed by atoms with van der Waals surface area (Å²) in [7, 11) is 0. The summed E-state index contributed by atoms with van der Waals surface area (Å²) in [5.41, 5.74) is 3.43. The molecule has 1 aliphatic heterocycles. The van der Waals surface area contributed by atoms with Gasteiger partial charge in [-0.3, -0.25) is 4.98 Å². The molecule has 1 aromatic carbocycles. The molecule has 0 amide bonds. The predicted octanol–water partition coefficient (Wildman–Crippen LogP) is 3.78. The van der Waals surface area contributed by atoms with Crippen molar-refractivity contribution in [1.82, 2.24) is 9.97 Å². The first-order valence-electron chi connectivity index (χ1n) is 7.59. The van der Waals surface area contributed by atoms with Crippen LogP contribution in [0.1, 0.15) is 31.2 Å². The Balaban J connectivity index is 0.00000125. The molecule has 5 rings (SSSR count). The van der Waals surface area contributed by atoms with E-state index in [-0.39, 0.29) is 25.5 Å². The first-order valence-corrected chi connectivity index (χ1v) is 7.59. The Bertz CT molecular complexity index is 871. The monoisotopic (exact) mass is 468 g/mol. The topological polar surface area (TPSA) is 35.0 Å². The maximum absolute atomic E-state index is 5.95. The second kappa shape index (κ2) is 5.00. The Morgan fingerprint density at radius 2 is 2.05 bits per heavy atom. The van der Waals surface area contributed by atoms with Crippen molar-refractivity contribution in [2.45, 2.75) is 31.1 Å². The minimum atomic E-state index is 0. The van der Waals surface area contributed by atoms with Crippen LogP contribution >= 0.6 is 0 Å². The molecule has 2 aromatic heterocycles. The summed E-state index contributed by atoms with van der Waals surface area (Å²) in [6.45, 7) is 0.797. The van der Waals surface area contributed by atoms with Crippen LogP contribution < -0.4 is 4.74 Å². The van der Waals surface area contributed by atoms with Gasteiger partial charge in [0, 0.05) is 36.6 Å². The second-order valence-electron chi connectivity index (χ2n) is 6.24. The Kier molecular flexibility index (Phi) is 3.21. The fourth-order valence-corrected chi connectivity index (χ4v) is 3.94. The van der Waals surface area contributed by atoms with Crippen molar-refractivity contribution >= 4 is 21.8 Å². The molecule has 1 fully saturated rings. The smallest absolute Gasteiger partial charge is 0.208 e. The van der Waals surface area contributed by atoms with Crippen LogP contribution in [0.4, 0.5) is 0 Å². The van der Waals surface area contributed by atoms with Crippen LogP contribution in [0.15, 0.2) is 30.5 Å². The third-order valence-electron chi connectivity index (χ3n) is 5.06. The van der Waals surface area contributed by atoms with Gasteiger partial charge >= 0.3 is 0 Å². The maximum atomic E-state index is 5.95. The summed E-state index contributed by atoms with van der Waals surface area (Å²) in [5, 5.41) is 2.15. The molecule has 0 N–H and O–H groups in total. The number of ether oxygens (including phenoxy) is 1. The van der Waals surface area contributed by atoms with Gasteiger partial charge in [-0.2, -0.15) is 0 Å². The average Bonchev–Trinajstić information content (AvgIpc) is 3.15. The van der Waals surface area contributed by atoms with Crippen LogP contribution in [0.5, 0.6) is 5.88 Å². The predicted molar refractivity (Wildman–Crippen MR) is 81.5 cm³/mol. The normalized spacial score (nSPS) is 18.4. The van der Waals surface area contributed by atoms with Gasteiger partial charge in [-0.25, -0.2) is 0 Å². The first-order chi connectivity index (χ1) is 10.4. The molecule has 113 valence electrons. The summed E-state index contributed by atoms with van der Waals surface area (Å²) >= 11 is 0. The summed E-state index contributed by atoms with van der Waals surface area (Å²) in [5.74, 6) is 0.828. The summed E-state index contributed by atoms with van der Waals surface area (Å²) < 4.78 is 5.95. The number of pyridine rings is 2. The molecule has 4 heteroatoms. The molecular formula is C18H15IrN2O-. The van der Waals surface area contributed by atoms with Crippen LogP contribution in [-0.4, -0.2) is 16.6 Å². The number of aromatic nitrogens is 2. The third kappa shape index (κ3) is 1.84. The van der Waals surface area contributed by atoms with E-state index in [1.807, 2.05) is 6.07 Å². The van der Waals surface area contributed by atoms with Gasteiger partial charge in [0.25, 0.3) is 0 Å². The number of rotatable bonds is 0. The van der Waals surface area contributed by atoms with E-state index in [4.69, 9.17) is 9.72 Å². The standard InChI is InChI=1S/C18H15N2O.Ir/c1-2-8-18(7-1)11-21-17-14(18)10-12-5-6-15-13(16(12)20-17)4-3-9-19-15;/h3,5-6,9-10H,1-2,7-8,11H2;/q-1;. The number of benzene rings is 1. The molecule has 2 aliphatic rings. The number of hydrogen-bond donors (Lipinski definition) is 0. The van der Waals surface area contributed by atoms with Gasteiger partial charge in [-0.05, 0) is 23.7 Å². The summed E-state index contributed by atoms with van der Waals surface area (Å²) in [4.78, 5) is 9.19. The van der Waals surface area contributed by atoms with Crippen LogP contribution in [0.2, 0.25) is 0 Å². The molecule has 3 nitrogen and oxygen atoms in total. The fourth-order valence-electron chi connectivity index (χ4n) is 3.94. The Hall–Kier alpha value is -1.51. The largest absolute Gasteiger partial charge is 0.477 e. The number of nitrogens with zero attached hydrogens (tertiary/aromatic N) is 2. The Morgan fingerprint density at radius 3 is 2.91 bits per heavy atom. The summed E-state index contributed by atoms with van der Waals surface area (Å²) in [6.07, 6.45) is 6.83. The van der Waals surface area contributed by atoms with E-state index < -0.39 is 0 Å². The summed E-state index contributed by atoms with van der Waals surface area (Å²) in [6, 6.07) is 11.6. The molecule has 0 bridgehead atoms. The molecule has 22 heavy (non-hydrogen) atoms. The van der Waals surface area contributed by atoms with Crippen molar-refractivity contribution in [3.8, 4) is 5.88 Å². The van der Waals surface area contributed by atoms with Gasteiger partial charge in [0.15, 0.2) is 0 Å². The molecule has 1 aliphatic carbocycles. The average molecular weight is 468 g/mol. The number of fused-ring (bicyclic) bond motifs is 5. The van der Waals surface area contributed by atoms with Crippen molar-refractivity contribution in [3.05, 3.63) is 42.1 Å². The zero-order chi connectivity index (χ0) is 13.9. The van der Waals surface area contributed by atoms with E-state index in [9.17, 15) is 0 Å². The van der Waals surface area contributed by atoms with Crippen LogP contribution in [0.3, 0.4) is 0 Å². The molecule has 1 spiro atoms. The van der Waals surface area contributed by atoms with Crippen molar-refractivity contribution in [3.63, 3.8) is 0 Å². The molecular weight excluding hydrogens is 452 g/mol. The molecule has 0 unspecified atom stereocenters. The van der Waals surface area contributed by atoms with Crippen LogP contribution in [0.25, 0.3) is 21.8 Å². The van der Waals surface area contributed by atoms with E-state index in [1.165, 1.54) is 36.6 Å². The van der Waals surface area contributed by atoms with Crippen LogP contribution in [-0.2, 0) is 25.5 Å². The Morgan fingerprint density at radius 1 is 1.18 bits per heavy atom. The van der Waals surface area contributed by atoms with Gasteiger partial charge in [-0.15, -0.1) is 12.1 Å². The SMILES string of the molecule is [Ir].[c-]1ccnc2ccc3cc4c(nc3c12)OCC41CCCC1. The molecule has 0 saturated heterocycles. The molecule has 3 heterocycles. The fraction of sp³-hybridized carbons (Fsp3) is 0.333.